The van der Waals surface area contributed by atoms with Gasteiger partial charge in [-0.2, -0.15) is 5.26 Å². The van der Waals surface area contributed by atoms with Gasteiger partial charge in [-0.1, -0.05) is 71.4 Å². The Morgan fingerprint density at radius 2 is 1.80 bits per heavy atom. The second kappa shape index (κ2) is 11.0. The van der Waals surface area contributed by atoms with Crippen molar-refractivity contribution in [1.29, 1.82) is 5.26 Å². The average molecular weight is 526 g/mol. The third-order valence-electron chi connectivity index (χ3n) is 5.31. The van der Waals surface area contributed by atoms with Crippen LogP contribution in [0.15, 0.2) is 83.4 Å². The highest BCUT2D eigenvalue weighted by Crippen LogP contribution is 2.42. The van der Waals surface area contributed by atoms with Crippen molar-refractivity contribution < 1.29 is 14.0 Å². The number of thioether (sulfide) groups is 1. The molecule has 1 atom stereocenters. The van der Waals surface area contributed by atoms with E-state index >= 15 is 0 Å². The molecule has 0 aromatic heterocycles. The highest BCUT2D eigenvalue weighted by molar-refractivity contribution is 8.05. The molecule has 1 aliphatic rings. The predicted octanol–water partition coefficient (Wildman–Crippen LogP) is 5.88. The molecular weight excluding hydrogens is 508 g/mol. The molecule has 9 heteroatoms. The summed E-state index contributed by atoms with van der Waals surface area (Å²) in [6, 6.07) is 21.5. The normalized spacial score (nSPS) is 16.7. The van der Waals surface area contributed by atoms with Crippen LogP contribution in [0.1, 0.15) is 11.1 Å². The van der Waals surface area contributed by atoms with Gasteiger partial charge in [0.2, 0.25) is 5.91 Å². The maximum atomic E-state index is 13.6. The zero-order valence-electron chi connectivity index (χ0n) is 18.2. The zero-order chi connectivity index (χ0) is 24.9. The maximum Gasteiger partial charge on any atom is 0.264 e. The van der Waals surface area contributed by atoms with Crippen LogP contribution in [0, 0.1) is 17.1 Å². The number of hydrogen-bond donors (Lipinski definition) is 1. The van der Waals surface area contributed by atoms with E-state index in [1.165, 1.54) is 29.2 Å². The van der Waals surface area contributed by atoms with Crippen molar-refractivity contribution in [3.63, 3.8) is 0 Å². The van der Waals surface area contributed by atoms with Crippen LogP contribution in [0.25, 0.3) is 0 Å². The van der Waals surface area contributed by atoms with Gasteiger partial charge < -0.3 is 5.32 Å². The largest absolute Gasteiger partial charge is 0.347 e. The molecule has 3 aromatic carbocycles. The Balaban J connectivity index is 1.68. The number of carbonyl (C=O) groups excluding carboxylic acids is 2. The molecular formula is C26H18Cl2FN3O2S. The Hall–Kier alpha value is -3.31. The molecule has 176 valence electrons. The molecule has 1 aliphatic heterocycles. The minimum atomic E-state index is -0.654. The van der Waals surface area contributed by atoms with Gasteiger partial charge in [0.05, 0.1) is 5.25 Å². The Labute approximate surface area is 216 Å². The van der Waals surface area contributed by atoms with Crippen LogP contribution in [0.3, 0.4) is 0 Å². The molecule has 1 saturated heterocycles. The number of anilines is 1. The smallest absolute Gasteiger partial charge is 0.264 e. The van der Waals surface area contributed by atoms with Gasteiger partial charge in [-0.3, -0.25) is 14.5 Å². The van der Waals surface area contributed by atoms with E-state index in [4.69, 9.17) is 23.2 Å². The molecule has 0 saturated carbocycles. The molecule has 5 nitrogen and oxygen atoms in total. The Morgan fingerprint density at radius 3 is 2.46 bits per heavy atom. The van der Waals surface area contributed by atoms with Crippen LogP contribution < -0.4 is 10.2 Å². The van der Waals surface area contributed by atoms with E-state index in [0.29, 0.717) is 21.3 Å². The predicted molar refractivity (Wildman–Crippen MR) is 136 cm³/mol. The third-order valence-corrected chi connectivity index (χ3v) is 7.16. The molecule has 0 spiro atoms. The number of amides is 2. The van der Waals surface area contributed by atoms with Crippen molar-refractivity contribution in [2.24, 2.45) is 0 Å². The fourth-order valence-electron chi connectivity index (χ4n) is 3.57. The highest BCUT2D eigenvalue weighted by atomic mass is 35.5. The van der Waals surface area contributed by atoms with E-state index in [2.05, 4.69) is 5.32 Å². The summed E-state index contributed by atoms with van der Waals surface area (Å²) >= 11 is 13.4. The van der Waals surface area contributed by atoms with Gasteiger partial charge in [0, 0.05) is 22.3 Å². The zero-order valence-corrected chi connectivity index (χ0v) is 20.5. The first-order valence-electron chi connectivity index (χ1n) is 10.5. The van der Waals surface area contributed by atoms with Crippen molar-refractivity contribution in [3.8, 4) is 6.07 Å². The number of nitriles is 1. The molecule has 1 N–H and O–H groups in total. The molecule has 3 aromatic rings. The van der Waals surface area contributed by atoms with E-state index in [1.807, 2.05) is 36.4 Å². The topological polar surface area (TPSA) is 73.2 Å². The molecule has 0 unspecified atom stereocenters. The quantitative estimate of drug-likeness (QED) is 0.322. The Morgan fingerprint density at radius 1 is 1.09 bits per heavy atom. The average Bonchev–Trinajstić information content (AvgIpc) is 3.16. The van der Waals surface area contributed by atoms with Crippen molar-refractivity contribution in [2.75, 3.05) is 4.90 Å². The molecule has 1 heterocycles. The number of halogens is 3. The Kier molecular flexibility index (Phi) is 7.76. The lowest BCUT2D eigenvalue weighted by molar-refractivity contribution is -0.117. The van der Waals surface area contributed by atoms with Crippen LogP contribution in [-0.4, -0.2) is 17.1 Å². The standard InChI is InChI=1S/C26H18Cl2FN3O2S/c27-18-7-6-17(22(28)13-18)12-23-25(34)32(20-10-8-19(29)9-11-20)26(35-23)21(14-30)24(33)31-15-16-4-2-1-3-5-16/h1-11,13,23H,12,15H2,(H,31,33)/b26-21-/t23-/m0/s1. The summed E-state index contributed by atoms with van der Waals surface area (Å²) in [5.41, 5.74) is 1.72. The Bertz CT molecular complexity index is 1340. The summed E-state index contributed by atoms with van der Waals surface area (Å²) in [6.45, 7) is 0.219. The van der Waals surface area contributed by atoms with Crippen LogP contribution >= 0.6 is 35.0 Å². The van der Waals surface area contributed by atoms with E-state index in [-0.39, 0.29) is 29.5 Å². The van der Waals surface area contributed by atoms with Crippen molar-refractivity contribution >= 4 is 52.5 Å². The van der Waals surface area contributed by atoms with E-state index in [0.717, 1.165) is 17.3 Å². The maximum absolute atomic E-state index is 13.6. The molecule has 0 bridgehead atoms. The lowest BCUT2D eigenvalue weighted by Gasteiger charge is -2.18. The lowest BCUT2D eigenvalue weighted by Crippen LogP contribution is -2.32. The second-order valence-corrected chi connectivity index (χ2v) is 9.69. The summed E-state index contributed by atoms with van der Waals surface area (Å²) in [5.74, 6) is -1.42. The molecule has 35 heavy (non-hydrogen) atoms. The summed E-state index contributed by atoms with van der Waals surface area (Å²) in [7, 11) is 0. The minimum absolute atomic E-state index is 0.185. The van der Waals surface area contributed by atoms with E-state index in [9.17, 15) is 19.2 Å². The molecule has 0 aliphatic carbocycles. The second-order valence-electron chi connectivity index (χ2n) is 7.66. The van der Waals surface area contributed by atoms with Gasteiger partial charge in [-0.05, 0) is 53.9 Å². The highest BCUT2D eigenvalue weighted by Gasteiger charge is 2.41. The van der Waals surface area contributed by atoms with Crippen molar-refractivity contribution in [3.05, 3.63) is 110 Å². The first-order valence-corrected chi connectivity index (χ1v) is 12.2. The number of hydrogen-bond acceptors (Lipinski definition) is 4. The minimum Gasteiger partial charge on any atom is -0.347 e. The van der Waals surface area contributed by atoms with Crippen LogP contribution in [0.2, 0.25) is 10.0 Å². The summed E-state index contributed by atoms with van der Waals surface area (Å²) in [4.78, 5) is 27.8. The van der Waals surface area contributed by atoms with Gasteiger partial charge in [-0.25, -0.2) is 4.39 Å². The van der Waals surface area contributed by atoms with Gasteiger partial charge >= 0.3 is 0 Å². The van der Waals surface area contributed by atoms with Gasteiger partial charge in [-0.15, -0.1) is 0 Å². The molecule has 4 rings (SSSR count). The van der Waals surface area contributed by atoms with Crippen LogP contribution in [-0.2, 0) is 22.6 Å². The van der Waals surface area contributed by atoms with Crippen LogP contribution in [0.4, 0.5) is 10.1 Å². The van der Waals surface area contributed by atoms with Gasteiger partial charge in [0.25, 0.3) is 5.91 Å². The number of nitrogens with zero attached hydrogens (tertiary/aromatic N) is 2. The SMILES string of the molecule is N#C/C(C(=O)NCc1ccccc1)=C1/S[C@@H](Cc2ccc(Cl)cc2Cl)C(=O)N1c1ccc(F)cc1. The fraction of sp³-hybridized carbons (Fsp3) is 0.115. The summed E-state index contributed by atoms with van der Waals surface area (Å²) in [6.07, 6.45) is 0.255. The van der Waals surface area contributed by atoms with Gasteiger partial charge in [0.15, 0.2) is 0 Å². The number of rotatable bonds is 6. The monoisotopic (exact) mass is 525 g/mol. The van der Waals surface area contributed by atoms with Crippen molar-refractivity contribution in [2.45, 2.75) is 18.2 Å². The number of benzene rings is 3. The van der Waals surface area contributed by atoms with Crippen molar-refractivity contribution in [1.82, 2.24) is 5.32 Å². The summed E-state index contributed by atoms with van der Waals surface area (Å²) < 4.78 is 13.6. The van der Waals surface area contributed by atoms with Gasteiger partial charge in [0.1, 0.15) is 22.5 Å². The molecule has 1 fully saturated rings. The van der Waals surface area contributed by atoms with Crippen LogP contribution in [0.5, 0.6) is 0 Å². The number of nitrogens with one attached hydrogen (secondary N) is 1. The first-order chi connectivity index (χ1) is 16.9. The first kappa shape index (κ1) is 24.8. The molecule has 2 amide bonds. The lowest BCUT2D eigenvalue weighted by atomic mass is 10.1. The van der Waals surface area contributed by atoms with E-state index in [1.54, 1.807) is 18.2 Å². The third kappa shape index (κ3) is 5.68. The summed E-state index contributed by atoms with van der Waals surface area (Å²) in [5, 5.41) is 13.0. The fourth-order valence-corrected chi connectivity index (χ4v) is 5.35. The molecule has 0 radical (unpaired) electrons. The number of carbonyl (C=O) groups is 2. The van der Waals surface area contributed by atoms with E-state index < -0.39 is 17.0 Å².